The van der Waals surface area contributed by atoms with E-state index >= 15 is 0 Å². The van der Waals surface area contributed by atoms with E-state index in [2.05, 4.69) is 15.3 Å². The van der Waals surface area contributed by atoms with E-state index in [-0.39, 0.29) is 13.0 Å². The third kappa shape index (κ3) is 7.36. The number of rotatable bonds is 8. The number of ether oxygens (including phenoxy) is 2. The molecule has 0 spiro atoms. The molecule has 31 heavy (non-hydrogen) atoms. The lowest BCUT2D eigenvalue weighted by Crippen LogP contribution is -2.25. The molecule has 1 amide bonds. The quantitative estimate of drug-likeness (QED) is 0.389. The van der Waals surface area contributed by atoms with Gasteiger partial charge in [-0.05, 0) is 55.7 Å². The Labute approximate surface area is 178 Å². The fourth-order valence-corrected chi connectivity index (χ4v) is 2.58. The number of aliphatic imine (C=N–C) groups is 2. The molecule has 2 rings (SSSR count). The van der Waals surface area contributed by atoms with Gasteiger partial charge in [-0.3, -0.25) is 10.1 Å². The van der Waals surface area contributed by atoms with E-state index in [1.807, 2.05) is 0 Å². The van der Waals surface area contributed by atoms with E-state index < -0.39 is 18.2 Å². The molecule has 9 nitrogen and oxygen atoms in total. The monoisotopic (exact) mass is 423 g/mol. The fraction of sp³-hybridized carbons (Fsp3) is 0.273. The molecule has 9 heteroatoms. The number of carbonyl (C=O) groups excluding carboxylic acids is 4. The summed E-state index contributed by atoms with van der Waals surface area (Å²) in [5, 5.41) is 2.52. The number of aryl methyl sites for hydroxylation is 2. The SMILES string of the molecule is Cc1ccc(CC(=O)OCC(C)OC(=O)Nc2ccc(C)c(N=C=O)c2)cc1N=C=O. The number of amides is 1. The van der Waals surface area contributed by atoms with Crippen LogP contribution in [-0.4, -0.2) is 36.9 Å². The minimum Gasteiger partial charge on any atom is -0.461 e. The van der Waals surface area contributed by atoms with Crippen LogP contribution in [0.25, 0.3) is 0 Å². The van der Waals surface area contributed by atoms with E-state index in [0.29, 0.717) is 22.6 Å². The van der Waals surface area contributed by atoms with Crippen molar-refractivity contribution in [3.05, 3.63) is 53.1 Å². The summed E-state index contributed by atoms with van der Waals surface area (Å²) in [6.07, 6.45) is 1.46. The number of isocyanates is 2. The fourth-order valence-electron chi connectivity index (χ4n) is 2.58. The van der Waals surface area contributed by atoms with Crippen LogP contribution in [0.15, 0.2) is 46.4 Å². The molecule has 0 aliphatic rings. The highest BCUT2D eigenvalue weighted by Gasteiger charge is 2.14. The van der Waals surface area contributed by atoms with E-state index in [1.54, 1.807) is 51.1 Å². The molecule has 0 aromatic heterocycles. The molecule has 0 radical (unpaired) electrons. The van der Waals surface area contributed by atoms with Gasteiger partial charge in [-0.1, -0.05) is 18.2 Å². The molecule has 0 heterocycles. The third-order valence-electron chi connectivity index (χ3n) is 4.20. The number of hydrogen-bond donors (Lipinski definition) is 1. The number of nitrogens with zero attached hydrogens (tertiary/aromatic N) is 2. The molecular weight excluding hydrogens is 402 g/mol. The highest BCUT2D eigenvalue weighted by Crippen LogP contribution is 2.23. The number of nitrogens with one attached hydrogen (secondary N) is 1. The molecule has 0 aliphatic heterocycles. The van der Waals surface area contributed by atoms with Crippen LogP contribution in [0.3, 0.4) is 0 Å². The molecule has 0 bridgehead atoms. The second-order valence-electron chi connectivity index (χ2n) is 6.73. The van der Waals surface area contributed by atoms with E-state index in [0.717, 1.165) is 11.1 Å². The standard InChI is InChI=1S/C22H21N3O6/c1-14-4-6-17(8-19(14)23-12-26)9-21(28)30-11-16(3)31-22(29)25-18-7-5-15(2)20(10-18)24-13-27/h4-8,10,16H,9,11H2,1-3H3,(H,25,29). The molecule has 0 fully saturated rings. The van der Waals surface area contributed by atoms with Gasteiger partial charge in [-0.2, -0.15) is 9.98 Å². The van der Waals surface area contributed by atoms with E-state index in [9.17, 15) is 19.2 Å². The average Bonchev–Trinajstić information content (AvgIpc) is 2.72. The van der Waals surface area contributed by atoms with Crippen LogP contribution in [0.2, 0.25) is 0 Å². The number of benzene rings is 2. The van der Waals surface area contributed by atoms with Crippen LogP contribution < -0.4 is 5.32 Å². The number of anilines is 1. The van der Waals surface area contributed by atoms with Gasteiger partial charge in [0, 0.05) is 5.69 Å². The van der Waals surface area contributed by atoms with Crippen LogP contribution in [-0.2, 0) is 30.3 Å². The minimum absolute atomic E-state index is 0.0238. The minimum atomic E-state index is -0.747. The summed E-state index contributed by atoms with van der Waals surface area (Å²) in [6.45, 7) is 5.00. The van der Waals surface area contributed by atoms with Crippen LogP contribution in [0.1, 0.15) is 23.6 Å². The number of carbonyl (C=O) groups is 2. The van der Waals surface area contributed by atoms with Crippen LogP contribution in [0.5, 0.6) is 0 Å². The molecule has 160 valence electrons. The van der Waals surface area contributed by atoms with E-state index in [1.165, 1.54) is 18.2 Å². The highest BCUT2D eigenvalue weighted by molar-refractivity contribution is 5.85. The van der Waals surface area contributed by atoms with Crippen molar-refractivity contribution in [2.24, 2.45) is 9.98 Å². The normalized spacial score (nSPS) is 10.8. The number of hydrogen-bond acceptors (Lipinski definition) is 8. The van der Waals surface area contributed by atoms with Crippen molar-refractivity contribution in [1.82, 2.24) is 0 Å². The van der Waals surface area contributed by atoms with Gasteiger partial charge < -0.3 is 9.47 Å². The van der Waals surface area contributed by atoms with Crippen molar-refractivity contribution in [3.63, 3.8) is 0 Å². The molecule has 0 saturated carbocycles. The Morgan fingerprint density at radius 2 is 1.61 bits per heavy atom. The summed E-state index contributed by atoms with van der Waals surface area (Å²) in [6, 6.07) is 9.92. The zero-order chi connectivity index (χ0) is 22.8. The van der Waals surface area contributed by atoms with Gasteiger partial charge in [0.1, 0.15) is 12.7 Å². The Morgan fingerprint density at radius 1 is 1.00 bits per heavy atom. The highest BCUT2D eigenvalue weighted by atomic mass is 16.6. The first kappa shape index (κ1) is 23.2. The molecular formula is C22H21N3O6. The second-order valence-corrected chi connectivity index (χ2v) is 6.73. The average molecular weight is 423 g/mol. The lowest BCUT2D eigenvalue weighted by molar-refractivity contribution is -0.145. The van der Waals surface area contributed by atoms with Gasteiger partial charge in [0.05, 0.1) is 17.8 Å². The predicted octanol–water partition coefficient (Wildman–Crippen LogP) is 3.96. The second kappa shape index (κ2) is 11.2. The lowest BCUT2D eigenvalue weighted by Gasteiger charge is -2.14. The van der Waals surface area contributed by atoms with Crippen molar-refractivity contribution < 1.29 is 28.7 Å². The van der Waals surface area contributed by atoms with E-state index in [4.69, 9.17) is 9.47 Å². The van der Waals surface area contributed by atoms with Crippen LogP contribution in [0.4, 0.5) is 21.9 Å². The first-order valence-corrected chi connectivity index (χ1v) is 9.31. The van der Waals surface area contributed by atoms with Crippen molar-refractivity contribution in [3.8, 4) is 0 Å². The summed E-state index contributed by atoms with van der Waals surface area (Å²) in [5.74, 6) is -0.518. The summed E-state index contributed by atoms with van der Waals surface area (Å²) in [5.41, 5.74) is 3.37. The van der Waals surface area contributed by atoms with Gasteiger partial charge >= 0.3 is 12.1 Å². The Kier molecular flexibility index (Phi) is 8.40. The Balaban J connectivity index is 1.84. The van der Waals surface area contributed by atoms with Crippen LogP contribution >= 0.6 is 0 Å². The van der Waals surface area contributed by atoms with Crippen molar-refractivity contribution >= 4 is 41.3 Å². The van der Waals surface area contributed by atoms with Crippen molar-refractivity contribution in [2.75, 3.05) is 11.9 Å². The van der Waals surface area contributed by atoms with Crippen molar-refractivity contribution in [1.29, 1.82) is 0 Å². The third-order valence-corrected chi connectivity index (χ3v) is 4.20. The first-order chi connectivity index (χ1) is 14.8. The zero-order valence-electron chi connectivity index (χ0n) is 17.3. The molecule has 2 aromatic rings. The maximum atomic E-state index is 12.1. The van der Waals surface area contributed by atoms with Gasteiger partial charge in [0.25, 0.3) is 0 Å². The molecule has 0 aliphatic carbocycles. The maximum Gasteiger partial charge on any atom is 0.412 e. The molecule has 0 saturated heterocycles. The smallest absolute Gasteiger partial charge is 0.412 e. The van der Waals surface area contributed by atoms with Crippen molar-refractivity contribution in [2.45, 2.75) is 33.3 Å². The first-order valence-electron chi connectivity index (χ1n) is 9.31. The lowest BCUT2D eigenvalue weighted by atomic mass is 10.1. The Hall–Kier alpha value is -4.06. The Bertz CT molecular complexity index is 1070. The summed E-state index contributed by atoms with van der Waals surface area (Å²) >= 11 is 0. The summed E-state index contributed by atoms with van der Waals surface area (Å²) in [4.78, 5) is 52.1. The maximum absolute atomic E-state index is 12.1. The summed E-state index contributed by atoms with van der Waals surface area (Å²) in [7, 11) is 0. The largest absolute Gasteiger partial charge is 0.461 e. The predicted molar refractivity (Wildman–Crippen MR) is 112 cm³/mol. The molecule has 1 unspecified atom stereocenters. The molecule has 1 N–H and O–H groups in total. The van der Waals surface area contributed by atoms with Crippen LogP contribution in [0, 0.1) is 13.8 Å². The number of esters is 1. The zero-order valence-corrected chi connectivity index (χ0v) is 17.3. The summed E-state index contributed by atoms with van der Waals surface area (Å²) < 4.78 is 10.3. The molecule has 2 aromatic carbocycles. The topological polar surface area (TPSA) is 123 Å². The van der Waals surface area contributed by atoms with Gasteiger partial charge in [-0.25, -0.2) is 14.4 Å². The molecule has 1 atom stereocenters. The van der Waals surface area contributed by atoms with Gasteiger partial charge in [-0.15, -0.1) is 0 Å². The Morgan fingerprint density at radius 3 is 2.26 bits per heavy atom. The van der Waals surface area contributed by atoms with Gasteiger partial charge in [0.15, 0.2) is 0 Å². The van der Waals surface area contributed by atoms with Gasteiger partial charge in [0.2, 0.25) is 12.2 Å².